The van der Waals surface area contributed by atoms with Crippen molar-refractivity contribution in [3.63, 3.8) is 0 Å². The molecule has 0 aliphatic heterocycles. The maximum Gasteiger partial charge on any atom is 0.324 e. The molecule has 0 unspecified atom stereocenters. The number of carbonyl (C=O) groups is 1. The number of aromatic nitrogens is 2. The van der Waals surface area contributed by atoms with Gasteiger partial charge < -0.3 is 15.3 Å². The van der Waals surface area contributed by atoms with Gasteiger partial charge in [0, 0.05) is 5.56 Å². The summed E-state index contributed by atoms with van der Waals surface area (Å²) in [6.45, 7) is 0. The highest BCUT2D eigenvalue weighted by atomic mass is 16.4. The van der Waals surface area contributed by atoms with Gasteiger partial charge in [0.05, 0.1) is 0 Å². The van der Waals surface area contributed by atoms with Crippen molar-refractivity contribution in [2.24, 2.45) is 5.73 Å². The van der Waals surface area contributed by atoms with E-state index >= 15 is 0 Å². The lowest BCUT2D eigenvalue weighted by Crippen LogP contribution is -2.19. The van der Waals surface area contributed by atoms with Gasteiger partial charge in [0.15, 0.2) is 0 Å². The van der Waals surface area contributed by atoms with Crippen molar-refractivity contribution in [3.8, 4) is 17.2 Å². The van der Waals surface area contributed by atoms with E-state index in [0.29, 0.717) is 5.56 Å². The Balaban J connectivity index is 2.24. The van der Waals surface area contributed by atoms with Crippen LogP contribution in [0.4, 0.5) is 10.8 Å². The molecule has 2 amide bonds. The first-order chi connectivity index (χ1) is 7.65. The minimum atomic E-state index is -0.777. The van der Waals surface area contributed by atoms with E-state index in [1.165, 1.54) is 12.1 Å². The molecule has 2 rings (SSSR count). The van der Waals surface area contributed by atoms with Gasteiger partial charge in [-0.25, -0.2) is 4.79 Å². The Labute approximate surface area is 89.9 Å². The number of nitrogens with one attached hydrogen (secondary N) is 1. The fourth-order valence-corrected chi connectivity index (χ4v) is 1.10. The molecule has 0 saturated carbocycles. The number of amides is 2. The summed E-state index contributed by atoms with van der Waals surface area (Å²) in [6, 6.07) is 5.34. The van der Waals surface area contributed by atoms with E-state index in [-0.39, 0.29) is 17.7 Å². The fraction of sp³-hybridized carbons (Fsp3) is 0. The van der Waals surface area contributed by atoms with E-state index in [2.05, 4.69) is 15.5 Å². The third-order valence-corrected chi connectivity index (χ3v) is 1.77. The van der Waals surface area contributed by atoms with Crippen LogP contribution in [0.1, 0.15) is 0 Å². The number of phenolic OH excluding ortho intramolecular Hbond substituents is 1. The van der Waals surface area contributed by atoms with Crippen LogP contribution in [0.5, 0.6) is 5.75 Å². The van der Waals surface area contributed by atoms with E-state index in [4.69, 9.17) is 15.3 Å². The molecule has 4 N–H and O–H groups in total. The number of aromatic hydroxyl groups is 1. The summed E-state index contributed by atoms with van der Waals surface area (Å²) >= 11 is 0. The maximum atomic E-state index is 10.5. The van der Waals surface area contributed by atoms with Gasteiger partial charge in [0.2, 0.25) is 5.89 Å². The molecule has 7 nitrogen and oxygen atoms in total. The van der Waals surface area contributed by atoms with Crippen LogP contribution in [0.25, 0.3) is 11.5 Å². The van der Waals surface area contributed by atoms with Crippen molar-refractivity contribution >= 4 is 12.0 Å². The summed E-state index contributed by atoms with van der Waals surface area (Å²) in [5.41, 5.74) is 5.51. The first kappa shape index (κ1) is 9.97. The van der Waals surface area contributed by atoms with Gasteiger partial charge in [-0.15, -0.1) is 5.10 Å². The van der Waals surface area contributed by atoms with Gasteiger partial charge in [-0.1, -0.05) is 5.10 Å². The van der Waals surface area contributed by atoms with Crippen LogP contribution in [0.3, 0.4) is 0 Å². The summed E-state index contributed by atoms with van der Waals surface area (Å²) in [5, 5.41) is 18.5. The lowest BCUT2D eigenvalue weighted by molar-refractivity contribution is 0.258. The number of hydrogen-bond acceptors (Lipinski definition) is 5. The molecule has 82 valence electrons. The van der Waals surface area contributed by atoms with Gasteiger partial charge in [-0.3, -0.25) is 5.32 Å². The normalized spacial score (nSPS) is 10.0. The second kappa shape index (κ2) is 3.89. The Morgan fingerprint density at radius 2 is 2.00 bits per heavy atom. The van der Waals surface area contributed by atoms with E-state index in [1.54, 1.807) is 12.1 Å². The summed E-state index contributed by atoms with van der Waals surface area (Å²) in [4.78, 5) is 10.5. The van der Waals surface area contributed by atoms with Crippen molar-refractivity contribution in [1.82, 2.24) is 10.2 Å². The molecule has 0 atom stereocenters. The summed E-state index contributed by atoms with van der Waals surface area (Å²) < 4.78 is 5.10. The van der Waals surface area contributed by atoms with Crippen LogP contribution in [-0.2, 0) is 0 Å². The van der Waals surface area contributed by atoms with Crippen molar-refractivity contribution in [3.05, 3.63) is 24.3 Å². The predicted molar refractivity (Wildman–Crippen MR) is 54.6 cm³/mol. The number of primary amides is 1. The Morgan fingerprint density at radius 3 is 2.62 bits per heavy atom. The summed E-state index contributed by atoms with van der Waals surface area (Å²) in [5.74, 6) is 0.363. The SMILES string of the molecule is NC(=O)Nc1nnc(-c2ccc(O)cc2)o1. The molecule has 0 bridgehead atoms. The van der Waals surface area contributed by atoms with E-state index in [9.17, 15) is 4.79 Å². The molecule has 0 aliphatic rings. The highest BCUT2D eigenvalue weighted by Crippen LogP contribution is 2.21. The monoisotopic (exact) mass is 220 g/mol. The average molecular weight is 220 g/mol. The lowest BCUT2D eigenvalue weighted by atomic mass is 10.2. The second-order valence-electron chi connectivity index (χ2n) is 2.95. The molecule has 1 heterocycles. The molecule has 0 aliphatic carbocycles. The predicted octanol–water partition coefficient (Wildman–Crippen LogP) is 0.933. The Hall–Kier alpha value is -2.57. The zero-order valence-corrected chi connectivity index (χ0v) is 8.04. The number of phenols is 1. The third-order valence-electron chi connectivity index (χ3n) is 1.77. The minimum Gasteiger partial charge on any atom is -0.508 e. The Morgan fingerprint density at radius 1 is 1.31 bits per heavy atom. The molecular formula is C9H8N4O3. The number of rotatable bonds is 2. The topological polar surface area (TPSA) is 114 Å². The van der Waals surface area contributed by atoms with Gasteiger partial charge in [0.25, 0.3) is 0 Å². The van der Waals surface area contributed by atoms with Gasteiger partial charge in [-0.2, -0.15) is 0 Å². The number of carbonyl (C=O) groups excluding carboxylic acids is 1. The highest BCUT2D eigenvalue weighted by molar-refractivity contribution is 5.85. The number of nitrogens with zero attached hydrogens (tertiary/aromatic N) is 2. The number of hydrogen-bond donors (Lipinski definition) is 3. The van der Waals surface area contributed by atoms with Crippen LogP contribution in [0.15, 0.2) is 28.7 Å². The zero-order valence-electron chi connectivity index (χ0n) is 8.04. The first-order valence-corrected chi connectivity index (χ1v) is 4.34. The molecule has 7 heteroatoms. The molecule has 16 heavy (non-hydrogen) atoms. The number of benzene rings is 1. The largest absolute Gasteiger partial charge is 0.508 e. The molecular weight excluding hydrogens is 212 g/mol. The van der Waals surface area contributed by atoms with Crippen molar-refractivity contribution in [1.29, 1.82) is 0 Å². The number of urea groups is 1. The first-order valence-electron chi connectivity index (χ1n) is 4.34. The maximum absolute atomic E-state index is 10.5. The van der Waals surface area contributed by atoms with Crippen LogP contribution < -0.4 is 11.1 Å². The molecule has 0 spiro atoms. The molecule has 2 aromatic rings. The van der Waals surface area contributed by atoms with E-state index in [0.717, 1.165) is 0 Å². The average Bonchev–Trinajstić information content (AvgIpc) is 2.66. The molecule has 1 aromatic carbocycles. The lowest BCUT2D eigenvalue weighted by Gasteiger charge is -1.94. The number of anilines is 1. The second-order valence-corrected chi connectivity index (χ2v) is 2.95. The summed E-state index contributed by atoms with van der Waals surface area (Å²) in [6.07, 6.45) is 0. The number of nitrogens with two attached hydrogens (primary N) is 1. The van der Waals surface area contributed by atoms with Crippen molar-refractivity contribution in [2.75, 3.05) is 5.32 Å². The van der Waals surface area contributed by atoms with Crippen LogP contribution in [0.2, 0.25) is 0 Å². The fourth-order valence-electron chi connectivity index (χ4n) is 1.10. The Bertz CT molecular complexity index is 506. The standard InChI is InChI=1S/C9H8N4O3/c10-8(15)11-9-13-12-7(16-9)5-1-3-6(14)4-2-5/h1-4,14H,(H3,10,11,13,15). The van der Waals surface area contributed by atoms with Gasteiger partial charge in [-0.05, 0) is 24.3 Å². The van der Waals surface area contributed by atoms with Crippen LogP contribution >= 0.6 is 0 Å². The van der Waals surface area contributed by atoms with Crippen molar-refractivity contribution < 1.29 is 14.3 Å². The smallest absolute Gasteiger partial charge is 0.324 e. The van der Waals surface area contributed by atoms with Gasteiger partial charge in [0.1, 0.15) is 5.75 Å². The Kier molecular flexibility index (Phi) is 2.42. The summed E-state index contributed by atoms with van der Waals surface area (Å²) in [7, 11) is 0. The van der Waals surface area contributed by atoms with Crippen molar-refractivity contribution in [2.45, 2.75) is 0 Å². The van der Waals surface area contributed by atoms with E-state index in [1.807, 2.05) is 0 Å². The highest BCUT2D eigenvalue weighted by Gasteiger charge is 2.09. The van der Waals surface area contributed by atoms with Crippen LogP contribution in [0, 0.1) is 0 Å². The molecule has 0 saturated heterocycles. The zero-order chi connectivity index (χ0) is 11.5. The minimum absolute atomic E-state index is 0.0735. The quantitative estimate of drug-likeness (QED) is 0.696. The molecule has 0 fully saturated rings. The van der Waals surface area contributed by atoms with Gasteiger partial charge >= 0.3 is 12.0 Å². The van der Waals surface area contributed by atoms with E-state index < -0.39 is 6.03 Å². The molecule has 0 radical (unpaired) electrons. The van der Waals surface area contributed by atoms with Crippen LogP contribution in [-0.4, -0.2) is 21.3 Å². The third kappa shape index (κ3) is 2.08. The molecule has 1 aromatic heterocycles.